The second-order valence-electron chi connectivity index (χ2n) is 5.83. The summed E-state index contributed by atoms with van der Waals surface area (Å²) in [5.74, 6) is -0.0690. The molecule has 29 heavy (non-hydrogen) atoms. The third kappa shape index (κ3) is 5.00. The SMILES string of the molecule is COc1ccc(CNC(=O)Oc2cnn(-c3ccc(Cl)cc3)c2C(F)(F)F)cc1. The molecule has 0 aliphatic carbocycles. The van der Waals surface area contributed by atoms with Gasteiger partial charge in [-0.2, -0.15) is 18.3 Å². The Bertz CT molecular complexity index is 987. The van der Waals surface area contributed by atoms with E-state index in [4.69, 9.17) is 21.1 Å². The van der Waals surface area contributed by atoms with Gasteiger partial charge in [0.15, 0.2) is 11.4 Å². The highest BCUT2D eigenvalue weighted by molar-refractivity contribution is 6.30. The zero-order chi connectivity index (χ0) is 21.0. The first-order valence-electron chi connectivity index (χ1n) is 8.27. The van der Waals surface area contributed by atoms with E-state index in [1.807, 2.05) is 0 Å². The Morgan fingerprint density at radius 3 is 2.38 bits per heavy atom. The van der Waals surface area contributed by atoms with Crippen LogP contribution in [0.4, 0.5) is 18.0 Å². The van der Waals surface area contributed by atoms with Gasteiger partial charge in [0, 0.05) is 11.6 Å². The Balaban J connectivity index is 1.75. The van der Waals surface area contributed by atoms with Crippen LogP contribution in [0.3, 0.4) is 0 Å². The minimum atomic E-state index is -4.80. The number of carbonyl (C=O) groups excluding carboxylic acids is 1. The van der Waals surface area contributed by atoms with Crippen molar-refractivity contribution in [3.05, 3.63) is 71.0 Å². The summed E-state index contributed by atoms with van der Waals surface area (Å²) in [6, 6.07) is 12.4. The van der Waals surface area contributed by atoms with Crippen molar-refractivity contribution in [2.75, 3.05) is 7.11 Å². The molecule has 6 nitrogen and oxygen atoms in total. The zero-order valence-electron chi connectivity index (χ0n) is 15.0. The van der Waals surface area contributed by atoms with Gasteiger partial charge in [-0.1, -0.05) is 23.7 Å². The third-order valence-corrected chi connectivity index (χ3v) is 4.13. The van der Waals surface area contributed by atoms with Gasteiger partial charge < -0.3 is 14.8 Å². The Morgan fingerprint density at radius 1 is 1.14 bits per heavy atom. The number of benzene rings is 2. The Labute approximate surface area is 168 Å². The van der Waals surface area contributed by atoms with Gasteiger partial charge in [-0.05, 0) is 42.0 Å². The van der Waals surface area contributed by atoms with Crippen molar-refractivity contribution in [1.29, 1.82) is 0 Å². The van der Waals surface area contributed by atoms with Gasteiger partial charge >= 0.3 is 12.3 Å². The van der Waals surface area contributed by atoms with Gasteiger partial charge in [0.05, 0.1) is 19.0 Å². The number of rotatable bonds is 5. The van der Waals surface area contributed by atoms with Crippen LogP contribution in [0.25, 0.3) is 5.69 Å². The number of aromatic nitrogens is 2. The Hall–Kier alpha value is -3.20. The molecule has 2 aromatic carbocycles. The van der Waals surface area contributed by atoms with Crippen LogP contribution in [-0.2, 0) is 12.7 Å². The van der Waals surface area contributed by atoms with Gasteiger partial charge in [0.25, 0.3) is 0 Å². The lowest BCUT2D eigenvalue weighted by molar-refractivity contribution is -0.143. The number of ether oxygens (including phenoxy) is 2. The van der Waals surface area contributed by atoms with E-state index in [2.05, 4.69) is 10.4 Å². The molecule has 0 spiro atoms. The van der Waals surface area contributed by atoms with Crippen LogP contribution in [0.5, 0.6) is 11.5 Å². The molecule has 0 saturated carbocycles. The van der Waals surface area contributed by atoms with Crippen LogP contribution in [0.15, 0.2) is 54.7 Å². The molecule has 0 unspecified atom stereocenters. The minimum absolute atomic E-state index is 0.0650. The second-order valence-corrected chi connectivity index (χ2v) is 6.27. The first kappa shape index (κ1) is 20.5. The monoisotopic (exact) mass is 425 g/mol. The van der Waals surface area contributed by atoms with Crippen LogP contribution in [0, 0.1) is 0 Å². The summed E-state index contributed by atoms with van der Waals surface area (Å²) >= 11 is 5.77. The Morgan fingerprint density at radius 2 is 1.79 bits per heavy atom. The normalized spacial score (nSPS) is 11.2. The number of methoxy groups -OCH3 is 1. The summed E-state index contributed by atoms with van der Waals surface area (Å²) < 4.78 is 51.2. The number of halogens is 4. The smallest absolute Gasteiger partial charge is 0.437 e. The number of hydrogen-bond acceptors (Lipinski definition) is 4. The molecule has 3 aromatic rings. The van der Waals surface area contributed by atoms with E-state index < -0.39 is 23.7 Å². The van der Waals surface area contributed by atoms with E-state index in [-0.39, 0.29) is 12.2 Å². The maximum absolute atomic E-state index is 13.6. The molecule has 1 heterocycles. The third-order valence-electron chi connectivity index (χ3n) is 3.87. The lowest BCUT2D eigenvalue weighted by Gasteiger charge is -2.13. The lowest BCUT2D eigenvalue weighted by atomic mass is 10.2. The molecule has 0 atom stereocenters. The predicted molar refractivity (Wildman–Crippen MR) is 99.4 cm³/mol. The standard InChI is InChI=1S/C19H15ClF3N3O3/c1-28-15-8-2-12(3-9-15)10-24-18(27)29-16-11-25-26(17(16)19(21,22)23)14-6-4-13(20)5-7-14/h2-9,11H,10H2,1H3,(H,24,27). The highest BCUT2D eigenvalue weighted by atomic mass is 35.5. The summed E-state index contributed by atoms with van der Waals surface area (Å²) in [5, 5.41) is 6.47. The van der Waals surface area contributed by atoms with Crippen molar-refractivity contribution in [2.24, 2.45) is 0 Å². The molecular weight excluding hydrogens is 411 g/mol. The fourth-order valence-corrected chi connectivity index (χ4v) is 2.63. The van der Waals surface area contributed by atoms with E-state index in [1.54, 1.807) is 24.3 Å². The molecule has 1 aromatic heterocycles. The highest BCUT2D eigenvalue weighted by Crippen LogP contribution is 2.37. The van der Waals surface area contributed by atoms with Crippen molar-refractivity contribution in [3.63, 3.8) is 0 Å². The molecule has 0 fully saturated rings. The first-order chi connectivity index (χ1) is 13.8. The van der Waals surface area contributed by atoms with Crippen LogP contribution >= 0.6 is 11.6 Å². The number of nitrogens with zero attached hydrogens (tertiary/aromatic N) is 2. The van der Waals surface area contributed by atoms with Gasteiger partial charge in [-0.3, -0.25) is 0 Å². The summed E-state index contributed by atoms with van der Waals surface area (Å²) in [6.07, 6.45) is -5.01. The number of hydrogen-bond donors (Lipinski definition) is 1. The van der Waals surface area contributed by atoms with Gasteiger partial charge in [-0.25, -0.2) is 9.48 Å². The maximum Gasteiger partial charge on any atom is 0.437 e. The number of amides is 1. The zero-order valence-corrected chi connectivity index (χ0v) is 15.8. The molecule has 0 aliphatic rings. The topological polar surface area (TPSA) is 65.4 Å². The second kappa shape index (κ2) is 8.44. The van der Waals surface area contributed by atoms with Crippen molar-refractivity contribution >= 4 is 17.7 Å². The molecule has 10 heteroatoms. The van der Waals surface area contributed by atoms with Gasteiger partial charge in [-0.15, -0.1) is 0 Å². The molecule has 1 amide bonds. The van der Waals surface area contributed by atoms with E-state index in [9.17, 15) is 18.0 Å². The number of carbonyl (C=O) groups is 1. The summed E-state index contributed by atoms with van der Waals surface area (Å²) in [4.78, 5) is 12.0. The number of nitrogens with one attached hydrogen (secondary N) is 1. The Kier molecular flexibility index (Phi) is 5.97. The summed E-state index contributed by atoms with van der Waals surface area (Å²) in [5.41, 5.74) is -0.370. The van der Waals surface area contributed by atoms with Gasteiger partial charge in [0.1, 0.15) is 5.75 Å². The van der Waals surface area contributed by atoms with Gasteiger partial charge in [0.2, 0.25) is 0 Å². The molecular formula is C19H15ClF3N3O3. The number of alkyl halides is 3. The van der Waals surface area contributed by atoms with E-state index >= 15 is 0 Å². The quantitative estimate of drug-likeness (QED) is 0.635. The van der Waals surface area contributed by atoms with Crippen molar-refractivity contribution in [2.45, 2.75) is 12.7 Å². The van der Waals surface area contributed by atoms with Crippen LogP contribution in [0.1, 0.15) is 11.3 Å². The molecule has 0 radical (unpaired) electrons. The molecule has 1 N–H and O–H groups in total. The molecule has 152 valence electrons. The molecule has 0 aliphatic heterocycles. The molecule has 0 bridgehead atoms. The fourth-order valence-electron chi connectivity index (χ4n) is 2.50. The minimum Gasteiger partial charge on any atom is -0.497 e. The average Bonchev–Trinajstić information content (AvgIpc) is 3.11. The summed E-state index contributed by atoms with van der Waals surface area (Å²) in [7, 11) is 1.52. The molecule has 3 rings (SSSR count). The predicted octanol–water partition coefficient (Wildman–Crippen LogP) is 4.84. The highest BCUT2D eigenvalue weighted by Gasteiger charge is 2.40. The van der Waals surface area contributed by atoms with E-state index in [1.165, 1.54) is 31.4 Å². The van der Waals surface area contributed by atoms with E-state index in [0.29, 0.717) is 15.5 Å². The largest absolute Gasteiger partial charge is 0.497 e. The van der Waals surface area contributed by atoms with Crippen LogP contribution in [0.2, 0.25) is 5.02 Å². The summed E-state index contributed by atoms with van der Waals surface area (Å²) in [6.45, 7) is 0.0650. The average molecular weight is 426 g/mol. The lowest BCUT2D eigenvalue weighted by Crippen LogP contribution is -2.27. The van der Waals surface area contributed by atoms with E-state index in [0.717, 1.165) is 11.8 Å². The first-order valence-corrected chi connectivity index (χ1v) is 8.65. The van der Waals surface area contributed by atoms with Crippen molar-refractivity contribution < 1.29 is 27.4 Å². The van der Waals surface area contributed by atoms with Crippen LogP contribution in [-0.4, -0.2) is 23.0 Å². The maximum atomic E-state index is 13.6. The fraction of sp³-hybridized carbons (Fsp3) is 0.158. The van der Waals surface area contributed by atoms with Crippen LogP contribution < -0.4 is 14.8 Å². The van der Waals surface area contributed by atoms with Crippen molar-refractivity contribution in [1.82, 2.24) is 15.1 Å². The molecule has 0 saturated heterocycles. The van der Waals surface area contributed by atoms with Crippen molar-refractivity contribution in [3.8, 4) is 17.2 Å².